The maximum absolute atomic E-state index is 10.0. The predicted octanol–water partition coefficient (Wildman–Crippen LogP) is 7.07. The molecule has 1 N–H and O–H groups in total. The molecule has 2 aromatic heterocycles. The van der Waals surface area contributed by atoms with E-state index in [0.717, 1.165) is 30.8 Å². The number of fused-ring (bicyclic) bond motifs is 2. The molecule has 0 spiro atoms. The number of hydrogen-bond donors (Lipinski definition) is 1. The fourth-order valence-electron chi connectivity index (χ4n) is 3.01. The quantitative estimate of drug-likeness (QED) is 0.131. The first kappa shape index (κ1) is 24.0. The van der Waals surface area contributed by atoms with Crippen molar-refractivity contribution >= 4 is 48.9 Å². The first-order chi connectivity index (χ1) is 15.0. The molecule has 0 fully saturated rings. The topological polar surface area (TPSA) is 63.1 Å². The summed E-state index contributed by atoms with van der Waals surface area (Å²) in [6.45, 7) is 2.85. The number of aliphatic hydroxyl groups is 1. The van der Waals surface area contributed by atoms with Crippen LogP contribution in [0.4, 0.5) is 0 Å². The molecular formula is C25H19IrN2O2S2-. The van der Waals surface area contributed by atoms with Gasteiger partial charge in [-0.1, -0.05) is 60.0 Å². The van der Waals surface area contributed by atoms with E-state index in [-0.39, 0.29) is 31.6 Å². The maximum atomic E-state index is 10.0. The van der Waals surface area contributed by atoms with Crippen molar-refractivity contribution in [2.45, 2.75) is 13.8 Å². The van der Waals surface area contributed by atoms with Gasteiger partial charge in [-0.25, -0.2) is 4.98 Å². The summed E-state index contributed by atoms with van der Waals surface area (Å²) < 4.78 is 1.16. The summed E-state index contributed by atoms with van der Waals surface area (Å²) in [6.07, 6.45) is 1.17. The molecular weight excluding hydrogens is 617 g/mol. The molecule has 0 bridgehead atoms. The smallest absolute Gasteiger partial charge is 0.172 e. The van der Waals surface area contributed by atoms with E-state index in [2.05, 4.69) is 42.5 Å². The number of nitrogens with zero attached hydrogens (tertiary/aromatic N) is 2. The minimum absolute atomic E-state index is 0. The van der Waals surface area contributed by atoms with Crippen LogP contribution in [0.15, 0.2) is 78.6 Å². The van der Waals surface area contributed by atoms with Crippen molar-refractivity contribution in [2.75, 3.05) is 0 Å². The van der Waals surface area contributed by atoms with E-state index < -0.39 is 0 Å². The van der Waals surface area contributed by atoms with Gasteiger partial charge in [-0.05, 0) is 13.8 Å². The van der Waals surface area contributed by atoms with E-state index in [0.29, 0.717) is 0 Å². The molecule has 7 heteroatoms. The summed E-state index contributed by atoms with van der Waals surface area (Å²) >= 11 is 3.39. The zero-order valence-corrected chi connectivity index (χ0v) is 21.4. The zero-order valence-electron chi connectivity index (χ0n) is 17.3. The second kappa shape index (κ2) is 10.7. The molecule has 0 atom stereocenters. The largest absolute Gasteiger partial charge is 0.512 e. The van der Waals surface area contributed by atoms with E-state index in [1.165, 1.54) is 30.7 Å². The van der Waals surface area contributed by atoms with Crippen molar-refractivity contribution in [3.8, 4) is 21.1 Å². The van der Waals surface area contributed by atoms with Crippen LogP contribution in [-0.4, -0.2) is 20.9 Å². The molecule has 3 aromatic carbocycles. The van der Waals surface area contributed by atoms with Gasteiger partial charge < -0.3 is 5.11 Å². The average molecular weight is 636 g/mol. The third-order valence-electron chi connectivity index (χ3n) is 4.32. The van der Waals surface area contributed by atoms with E-state index in [1.807, 2.05) is 30.3 Å². The van der Waals surface area contributed by atoms with Crippen molar-refractivity contribution in [1.29, 1.82) is 0 Å². The van der Waals surface area contributed by atoms with Gasteiger partial charge in [0.2, 0.25) is 0 Å². The number of allylic oxidation sites excluding steroid dienone is 2. The molecule has 32 heavy (non-hydrogen) atoms. The van der Waals surface area contributed by atoms with Crippen LogP contribution in [0.5, 0.6) is 0 Å². The second-order valence-electron chi connectivity index (χ2n) is 6.89. The van der Waals surface area contributed by atoms with E-state index in [4.69, 9.17) is 15.1 Å². The summed E-state index contributed by atoms with van der Waals surface area (Å²) in [5.41, 5.74) is 3.01. The maximum Gasteiger partial charge on any atom is 0.172 e. The third-order valence-corrected chi connectivity index (χ3v) is 6.58. The Morgan fingerprint density at radius 2 is 1.56 bits per heavy atom. The van der Waals surface area contributed by atoms with E-state index in [9.17, 15) is 4.79 Å². The Balaban J connectivity index is 0.000000318. The fourth-order valence-corrected chi connectivity index (χ4v) is 5.11. The molecule has 2 heterocycles. The van der Waals surface area contributed by atoms with Crippen molar-refractivity contribution in [2.24, 2.45) is 0 Å². The monoisotopic (exact) mass is 636 g/mol. The van der Waals surface area contributed by atoms with Gasteiger partial charge in [0.25, 0.3) is 0 Å². The Morgan fingerprint density at radius 3 is 2.19 bits per heavy atom. The molecule has 163 valence electrons. The Hall–Kier alpha value is -2.70. The molecule has 0 aliphatic carbocycles. The van der Waals surface area contributed by atoms with Gasteiger partial charge in [0.15, 0.2) is 11.4 Å². The van der Waals surface area contributed by atoms with Gasteiger partial charge in [-0.3, -0.25) is 9.78 Å². The molecule has 0 aliphatic heterocycles. The van der Waals surface area contributed by atoms with Crippen LogP contribution < -0.4 is 0 Å². The van der Waals surface area contributed by atoms with Gasteiger partial charge in [0, 0.05) is 36.8 Å². The van der Waals surface area contributed by atoms with Crippen molar-refractivity contribution in [3.63, 3.8) is 0 Å². The minimum Gasteiger partial charge on any atom is -0.512 e. The molecule has 1 radical (unpaired) electrons. The first-order valence-corrected chi connectivity index (χ1v) is 11.2. The molecule has 5 rings (SSSR count). The first-order valence-electron chi connectivity index (χ1n) is 9.61. The molecule has 0 amide bonds. The molecule has 4 nitrogen and oxygen atoms in total. The van der Waals surface area contributed by atoms with Gasteiger partial charge in [0.1, 0.15) is 9.02 Å². The van der Waals surface area contributed by atoms with Crippen LogP contribution in [0.3, 0.4) is 0 Å². The van der Waals surface area contributed by atoms with Crippen LogP contribution in [0.1, 0.15) is 13.8 Å². The zero-order chi connectivity index (χ0) is 21.8. The number of rotatable bonds is 3. The summed E-state index contributed by atoms with van der Waals surface area (Å²) in [6, 6.07) is 26.1. The van der Waals surface area contributed by atoms with E-state index in [1.54, 1.807) is 22.7 Å². The number of aromatic nitrogens is 2. The average Bonchev–Trinajstić information content (AvgIpc) is 3.33. The van der Waals surface area contributed by atoms with Crippen LogP contribution in [0.2, 0.25) is 0 Å². The van der Waals surface area contributed by atoms with Gasteiger partial charge in [0.05, 0.1) is 5.76 Å². The molecule has 5 aromatic rings. The number of thiazole rings is 2. The molecule has 0 unspecified atom stereocenters. The Kier molecular flexibility index (Phi) is 8.04. The number of benzene rings is 3. The SMILES string of the molecule is CC(=O)/C=C(/C)O.[Ir].[c-]1cc2ccccc2cc1-c1nc2nc(-c3ccccc3)sc2s1. The summed E-state index contributed by atoms with van der Waals surface area (Å²) in [5, 5.41) is 12.8. The standard InChI is InChI=1S/C20H11N2S2.C5H8O2.Ir/c1-2-7-14(8-3-1)18-21-17-20(23-18)24-19(22-17)16-11-10-13-6-4-5-9-15(13)12-16;1-4(6)3-5(2)7;/h1-10,12H;3,6H,1-2H3;/q-1;;/b;4-3-;. The minimum atomic E-state index is -0.125. The second-order valence-corrected chi connectivity index (χ2v) is 9.14. The molecule has 0 saturated carbocycles. The summed E-state index contributed by atoms with van der Waals surface area (Å²) in [7, 11) is 0. The summed E-state index contributed by atoms with van der Waals surface area (Å²) in [4.78, 5) is 19.4. The normalized spacial score (nSPS) is 11.0. The number of aliphatic hydroxyl groups excluding tert-OH is 1. The van der Waals surface area contributed by atoms with E-state index >= 15 is 0 Å². The fraction of sp³-hybridized carbons (Fsp3) is 0.0800. The number of ketones is 1. The van der Waals surface area contributed by atoms with Crippen LogP contribution >= 0.6 is 22.7 Å². The Morgan fingerprint density at radius 1 is 0.938 bits per heavy atom. The van der Waals surface area contributed by atoms with Crippen molar-refractivity contribution < 1.29 is 30.0 Å². The Labute approximate surface area is 207 Å². The van der Waals surface area contributed by atoms with Crippen molar-refractivity contribution in [1.82, 2.24) is 9.97 Å². The predicted molar refractivity (Wildman–Crippen MR) is 130 cm³/mol. The van der Waals surface area contributed by atoms with Crippen molar-refractivity contribution in [3.05, 3.63) is 84.6 Å². The third kappa shape index (κ3) is 5.75. The number of hydrogen-bond acceptors (Lipinski definition) is 6. The van der Waals surface area contributed by atoms with Crippen LogP contribution in [0.25, 0.3) is 41.6 Å². The Bertz CT molecular complexity index is 1360. The summed E-state index contributed by atoms with van der Waals surface area (Å²) in [5.74, 6) is -0.0625. The van der Waals surface area contributed by atoms with Gasteiger partial charge >= 0.3 is 0 Å². The number of carbonyl (C=O) groups excluding carboxylic acids is 1. The number of carbonyl (C=O) groups is 1. The van der Waals surface area contributed by atoms with Gasteiger partial charge in [-0.2, -0.15) is 11.3 Å². The van der Waals surface area contributed by atoms with Crippen LogP contribution in [0, 0.1) is 6.07 Å². The van der Waals surface area contributed by atoms with Gasteiger partial charge in [-0.15, -0.1) is 40.5 Å². The molecule has 0 saturated heterocycles. The molecule has 0 aliphatic rings. The van der Waals surface area contributed by atoms with Crippen LogP contribution in [-0.2, 0) is 24.9 Å².